The molecule has 1 aliphatic rings. The summed E-state index contributed by atoms with van der Waals surface area (Å²) in [6, 6.07) is 3.11. The summed E-state index contributed by atoms with van der Waals surface area (Å²) in [5.41, 5.74) is 0.253. The van der Waals surface area contributed by atoms with Gasteiger partial charge in [-0.25, -0.2) is 4.79 Å². The smallest absolute Gasteiger partial charge is 0.410 e. The predicted octanol–water partition coefficient (Wildman–Crippen LogP) is 4.83. The maximum atomic E-state index is 12.3. The number of benzene rings is 1. The van der Waals surface area contributed by atoms with Crippen molar-refractivity contribution >= 4 is 35.2 Å². The van der Waals surface area contributed by atoms with Crippen LogP contribution in [0.2, 0.25) is 10.0 Å². The fourth-order valence-corrected chi connectivity index (χ4v) is 3.70. The average molecular weight is 431 g/mol. The summed E-state index contributed by atoms with van der Waals surface area (Å²) < 4.78 is 10.9. The van der Waals surface area contributed by atoms with Crippen LogP contribution in [-0.4, -0.2) is 42.7 Å². The van der Waals surface area contributed by atoms with Crippen LogP contribution in [-0.2, 0) is 9.53 Å². The van der Waals surface area contributed by atoms with Gasteiger partial charge >= 0.3 is 6.09 Å². The Morgan fingerprint density at radius 3 is 2.25 bits per heavy atom. The Morgan fingerprint density at radius 2 is 1.75 bits per heavy atom. The third-order valence-corrected chi connectivity index (χ3v) is 5.35. The van der Waals surface area contributed by atoms with Crippen molar-refractivity contribution in [2.75, 3.05) is 20.2 Å². The van der Waals surface area contributed by atoms with E-state index in [4.69, 9.17) is 32.7 Å². The molecule has 1 aromatic carbocycles. The lowest BCUT2D eigenvalue weighted by Gasteiger charge is -2.37. The summed E-state index contributed by atoms with van der Waals surface area (Å²) in [5.74, 6) is 0.546. The van der Waals surface area contributed by atoms with Crippen LogP contribution in [0.1, 0.15) is 52.1 Å². The van der Waals surface area contributed by atoms with Gasteiger partial charge in [-0.3, -0.25) is 4.79 Å². The van der Waals surface area contributed by atoms with E-state index in [0.717, 1.165) is 5.56 Å². The largest absolute Gasteiger partial charge is 0.496 e. The summed E-state index contributed by atoms with van der Waals surface area (Å²) >= 11 is 12.3. The van der Waals surface area contributed by atoms with Gasteiger partial charge in [-0.05, 0) is 45.6 Å². The molecule has 1 N–H and O–H groups in total. The number of hydrogen-bond donors (Lipinski definition) is 1. The van der Waals surface area contributed by atoms with E-state index < -0.39 is 5.60 Å². The fourth-order valence-electron chi connectivity index (χ4n) is 3.37. The van der Waals surface area contributed by atoms with Gasteiger partial charge in [-0.15, -0.1) is 0 Å². The van der Waals surface area contributed by atoms with Gasteiger partial charge < -0.3 is 19.7 Å². The van der Waals surface area contributed by atoms with Crippen LogP contribution in [0, 0.1) is 5.92 Å². The number of piperidine rings is 1. The van der Waals surface area contributed by atoms with Gasteiger partial charge in [0.05, 0.1) is 23.2 Å². The van der Waals surface area contributed by atoms with E-state index in [1.807, 2.05) is 20.8 Å². The van der Waals surface area contributed by atoms with Crippen molar-refractivity contribution in [3.63, 3.8) is 0 Å². The second-order valence-corrected chi connectivity index (χ2v) is 8.81. The van der Waals surface area contributed by atoms with Crippen molar-refractivity contribution in [3.05, 3.63) is 27.7 Å². The van der Waals surface area contributed by atoms with Crippen LogP contribution >= 0.6 is 23.2 Å². The minimum absolute atomic E-state index is 0.119. The Morgan fingerprint density at radius 1 is 1.18 bits per heavy atom. The molecule has 0 bridgehead atoms. The number of ether oxygens (including phenoxy) is 2. The molecule has 1 aliphatic heterocycles. The molecule has 28 heavy (non-hydrogen) atoms. The topological polar surface area (TPSA) is 67.9 Å². The molecule has 8 heteroatoms. The average Bonchev–Trinajstić information content (AvgIpc) is 2.60. The Kier molecular flexibility index (Phi) is 7.46. The molecule has 0 aliphatic carbocycles. The van der Waals surface area contributed by atoms with Crippen LogP contribution in [0.5, 0.6) is 5.75 Å². The molecule has 1 unspecified atom stereocenters. The molecule has 1 heterocycles. The van der Waals surface area contributed by atoms with Crippen molar-refractivity contribution in [3.8, 4) is 5.75 Å². The maximum absolute atomic E-state index is 12.3. The quantitative estimate of drug-likeness (QED) is 0.742. The first kappa shape index (κ1) is 22.6. The number of nitrogens with one attached hydrogen (secondary N) is 1. The summed E-state index contributed by atoms with van der Waals surface area (Å²) in [6.45, 7) is 8.13. The molecule has 0 radical (unpaired) electrons. The van der Waals surface area contributed by atoms with Crippen molar-refractivity contribution in [1.29, 1.82) is 0 Å². The molecule has 1 fully saturated rings. The highest BCUT2D eigenvalue weighted by molar-refractivity contribution is 6.42. The SMILES string of the molecule is COc1cc(Cl)c(Cl)cc1C(NC(C)=O)C1CCN(C(=O)OC(C)(C)C)CC1. The maximum Gasteiger partial charge on any atom is 0.410 e. The van der Waals surface area contributed by atoms with E-state index in [1.165, 1.54) is 6.92 Å². The summed E-state index contributed by atoms with van der Waals surface area (Å²) in [7, 11) is 1.55. The van der Waals surface area contributed by atoms with E-state index >= 15 is 0 Å². The molecule has 1 atom stereocenters. The standard InChI is InChI=1S/C20H28Cl2N2O4/c1-12(25)23-18(14-10-15(21)16(22)11-17(14)27-5)13-6-8-24(9-7-13)19(26)28-20(2,3)4/h10-11,13,18H,6-9H2,1-5H3,(H,23,25). The third-order valence-electron chi connectivity index (χ3n) is 4.63. The number of hydrogen-bond acceptors (Lipinski definition) is 4. The molecule has 0 spiro atoms. The molecular weight excluding hydrogens is 403 g/mol. The second kappa shape index (κ2) is 9.23. The number of carbonyl (C=O) groups is 2. The summed E-state index contributed by atoms with van der Waals surface area (Å²) in [4.78, 5) is 25.9. The number of nitrogens with zero attached hydrogens (tertiary/aromatic N) is 1. The van der Waals surface area contributed by atoms with E-state index in [2.05, 4.69) is 5.32 Å². The number of amides is 2. The molecule has 1 aromatic rings. The number of carbonyl (C=O) groups excluding carboxylic acids is 2. The van der Waals surface area contributed by atoms with Crippen LogP contribution in [0.15, 0.2) is 12.1 Å². The van der Waals surface area contributed by atoms with Gasteiger partial charge in [0.15, 0.2) is 0 Å². The number of rotatable bonds is 4. The second-order valence-electron chi connectivity index (χ2n) is 7.99. The van der Waals surface area contributed by atoms with Crippen LogP contribution in [0.25, 0.3) is 0 Å². The van der Waals surface area contributed by atoms with Crippen LogP contribution in [0.4, 0.5) is 4.79 Å². The first-order chi connectivity index (χ1) is 13.0. The van der Waals surface area contributed by atoms with E-state index in [1.54, 1.807) is 24.1 Å². The summed E-state index contributed by atoms with van der Waals surface area (Å²) in [6.07, 6.45) is 1.12. The Bertz CT molecular complexity index is 726. The van der Waals surface area contributed by atoms with Crippen molar-refractivity contribution < 1.29 is 19.1 Å². The van der Waals surface area contributed by atoms with E-state index in [9.17, 15) is 9.59 Å². The minimum Gasteiger partial charge on any atom is -0.496 e. The molecule has 156 valence electrons. The van der Waals surface area contributed by atoms with E-state index in [0.29, 0.717) is 41.7 Å². The zero-order valence-electron chi connectivity index (χ0n) is 17.0. The molecule has 1 saturated heterocycles. The monoisotopic (exact) mass is 430 g/mol. The van der Waals surface area contributed by atoms with Crippen LogP contribution < -0.4 is 10.1 Å². The van der Waals surface area contributed by atoms with Gasteiger partial charge in [0, 0.05) is 31.6 Å². The van der Waals surface area contributed by atoms with Gasteiger partial charge in [0.2, 0.25) is 5.91 Å². The van der Waals surface area contributed by atoms with Crippen LogP contribution in [0.3, 0.4) is 0 Å². The predicted molar refractivity (Wildman–Crippen MR) is 110 cm³/mol. The van der Waals surface area contributed by atoms with Gasteiger partial charge in [-0.2, -0.15) is 0 Å². The molecule has 0 saturated carbocycles. The number of halogens is 2. The van der Waals surface area contributed by atoms with Crippen molar-refractivity contribution in [1.82, 2.24) is 10.2 Å². The van der Waals surface area contributed by atoms with E-state index in [-0.39, 0.29) is 24.0 Å². The lowest BCUT2D eigenvalue weighted by atomic mass is 9.85. The fraction of sp³-hybridized carbons (Fsp3) is 0.600. The first-order valence-electron chi connectivity index (χ1n) is 9.29. The number of methoxy groups -OCH3 is 1. The normalized spacial score (nSPS) is 16.5. The molecule has 6 nitrogen and oxygen atoms in total. The Labute approximate surface area is 176 Å². The molecular formula is C20H28Cl2N2O4. The van der Waals surface area contributed by atoms with Gasteiger partial charge in [-0.1, -0.05) is 23.2 Å². The first-order valence-corrected chi connectivity index (χ1v) is 10.1. The lowest BCUT2D eigenvalue weighted by molar-refractivity contribution is -0.120. The van der Waals surface area contributed by atoms with Gasteiger partial charge in [0.25, 0.3) is 0 Å². The summed E-state index contributed by atoms with van der Waals surface area (Å²) in [5, 5.41) is 3.81. The molecule has 2 amide bonds. The Balaban J connectivity index is 2.19. The Hall–Kier alpha value is -1.66. The van der Waals surface area contributed by atoms with Crippen molar-refractivity contribution in [2.24, 2.45) is 5.92 Å². The highest BCUT2D eigenvalue weighted by Gasteiger charge is 2.33. The minimum atomic E-state index is -0.528. The zero-order chi connectivity index (χ0) is 21.1. The lowest BCUT2D eigenvalue weighted by Crippen LogP contribution is -2.44. The number of likely N-dealkylation sites (tertiary alicyclic amines) is 1. The highest BCUT2D eigenvalue weighted by atomic mass is 35.5. The highest BCUT2D eigenvalue weighted by Crippen LogP contribution is 2.39. The molecule has 0 aromatic heterocycles. The van der Waals surface area contributed by atoms with Crippen molar-refractivity contribution in [2.45, 2.75) is 52.2 Å². The molecule has 2 rings (SSSR count). The third kappa shape index (κ3) is 5.92. The van der Waals surface area contributed by atoms with Gasteiger partial charge in [0.1, 0.15) is 11.4 Å². The zero-order valence-corrected chi connectivity index (χ0v) is 18.5.